The number of halogens is 1. The first-order valence-corrected chi connectivity index (χ1v) is 7.24. The summed E-state index contributed by atoms with van der Waals surface area (Å²) in [4.78, 5) is 12.7. The molecule has 0 spiro atoms. The first kappa shape index (κ1) is 13.7. The highest BCUT2D eigenvalue weighted by Gasteiger charge is 2.42. The van der Waals surface area contributed by atoms with Gasteiger partial charge >= 0.3 is 0 Å². The summed E-state index contributed by atoms with van der Waals surface area (Å²) in [6, 6.07) is 7.12. The Morgan fingerprint density at radius 2 is 1.90 bits per heavy atom. The molecule has 3 rings (SSSR count). The SMILES string of the molecule is CC1OC(C)C(C(=O)c2cc3cc(Cl)ccc3o2)C1C. The molecule has 20 heavy (non-hydrogen) atoms. The van der Waals surface area contributed by atoms with Crippen molar-refractivity contribution in [1.82, 2.24) is 0 Å². The van der Waals surface area contributed by atoms with Gasteiger partial charge in [-0.15, -0.1) is 0 Å². The molecule has 0 amide bonds. The Hall–Kier alpha value is -1.32. The maximum Gasteiger partial charge on any atom is 0.204 e. The predicted molar refractivity (Wildman–Crippen MR) is 78.2 cm³/mol. The van der Waals surface area contributed by atoms with Gasteiger partial charge in [-0.1, -0.05) is 18.5 Å². The molecule has 4 heteroatoms. The average Bonchev–Trinajstić information content (AvgIpc) is 2.91. The summed E-state index contributed by atoms with van der Waals surface area (Å²) >= 11 is 5.95. The molecule has 0 aliphatic carbocycles. The highest BCUT2D eigenvalue weighted by atomic mass is 35.5. The lowest BCUT2D eigenvalue weighted by Gasteiger charge is -2.15. The van der Waals surface area contributed by atoms with E-state index in [-0.39, 0.29) is 29.8 Å². The molecule has 1 aromatic heterocycles. The Morgan fingerprint density at radius 3 is 2.55 bits per heavy atom. The van der Waals surface area contributed by atoms with E-state index in [1.165, 1.54) is 0 Å². The number of fused-ring (bicyclic) bond motifs is 1. The fourth-order valence-electron chi connectivity index (χ4n) is 3.02. The van der Waals surface area contributed by atoms with E-state index in [1.54, 1.807) is 24.3 Å². The van der Waals surface area contributed by atoms with Crippen molar-refractivity contribution >= 4 is 28.4 Å². The van der Waals surface area contributed by atoms with E-state index in [2.05, 4.69) is 6.92 Å². The number of ether oxygens (including phenoxy) is 1. The number of furan rings is 1. The average molecular weight is 293 g/mol. The van der Waals surface area contributed by atoms with E-state index < -0.39 is 0 Å². The summed E-state index contributed by atoms with van der Waals surface area (Å²) in [7, 11) is 0. The number of benzene rings is 1. The topological polar surface area (TPSA) is 39.4 Å². The van der Waals surface area contributed by atoms with Crippen LogP contribution < -0.4 is 0 Å². The molecule has 106 valence electrons. The van der Waals surface area contributed by atoms with Crippen molar-refractivity contribution in [2.75, 3.05) is 0 Å². The minimum atomic E-state index is -0.152. The number of ketones is 1. The second-order valence-corrected chi connectivity index (χ2v) is 6.02. The van der Waals surface area contributed by atoms with Crippen LogP contribution in [-0.2, 0) is 4.74 Å². The zero-order chi connectivity index (χ0) is 14.4. The van der Waals surface area contributed by atoms with Crippen molar-refractivity contribution < 1.29 is 13.9 Å². The Balaban J connectivity index is 1.96. The number of hydrogen-bond donors (Lipinski definition) is 0. The first-order valence-electron chi connectivity index (χ1n) is 6.86. The fourth-order valence-corrected chi connectivity index (χ4v) is 3.20. The highest BCUT2D eigenvalue weighted by Crippen LogP contribution is 2.35. The van der Waals surface area contributed by atoms with Crippen molar-refractivity contribution in [2.45, 2.75) is 33.0 Å². The van der Waals surface area contributed by atoms with Gasteiger partial charge in [-0.05, 0) is 44.0 Å². The van der Waals surface area contributed by atoms with Crippen LogP contribution in [0.4, 0.5) is 0 Å². The third-order valence-electron chi connectivity index (χ3n) is 4.27. The second kappa shape index (κ2) is 4.90. The lowest BCUT2D eigenvalue weighted by Crippen LogP contribution is -2.26. The summed E-state index contributed by atoms with van der Waals surface area (Å²) < 4.78 is 11.4. The lowest BCUT2D eigenvalue weighted by atomic mass is 9.85. The van der Waals surface area contributed by atoms with Crippen LogP contribution in [0.2, 0.25) is 5.02 Å². The van der Waals surface area contributed by atoms with Gasteiger partial charge in [-0.2, -0.15) is 0 Å². The normalized spacial score (nSPS) is 30.0. The predicted octanol–water partition coefficient (Wildman–Crippen LogP) is 4.33. The summed E-state index contributed by atoms with van der Waals surface area (Å²) in [6.45, 7) is 6.01. The fraction of sp³-hybridized carbons (Fsp3) is 0.438. The molecule has 0 radical (unpaired) electrons. The van der Waals surface area contributed by atoms with Crippen LogP contribution in [0.25, 0.3) is 11.0 Å². The maximum absolute atomic E-state index is 12.7. The van der Waals surface area contributed by atoms with Crippen molar-refractivity contribution in [2.24, 2.45) is 11.8 Å². The number of Topliss-reactive ketones (excluding diaryl/α,β-unsaturated/α-hetero) is 1. The Bertz CT molecular complexity index is 661. The molecule has 2 aromatic rings. The number of rotatable bonds is 2. The van der Waals surface area contributed by atoms with Crippen LogP contribution in [0.3, 0.4) is 0 Å². The van der Waals surface area contributed by atoms with Gasteiger partial charge in [0.1, 0.15) is 5.58 Å². The summed E-state index contributed by atoms with van der Waals surface area (Å²) in [6.07, 6.45) is 0.0158. The number of carbonyl (C=O) groups is 1. The third kappa shape index (κ3) is 2.15. The van der Waals surface area contributed by atoms with E-state index in [0.717, 1.165) is 5.39 Å². The standard InChI is InChI=1S/C16H17ClO3/c1-8-9(2)19-10(3)15(8)16(18)14-7-11-6-12(17)4-5-13(11)20-14/h4-10,15H,1-3H3. The van der Waals surface area contributed by atoms with Crippen LogP contribution in [0, 0.1) is 11.8 Å². The van der Waals surface area contributed by atoms with Gasteiger partial charge in [-0.25, -0.2) is 0 Å². The summed E-state index contributed by atoms with van der Waals surface area (Å²) in [5.74, 6) is 0.445. The molecule has 4 unspecified atom stereocenters. The van der Waals surface area contributed by atoms with Gasteiger partial charge in [-0.3, -0.25) is 4.79 Å². The quantitative estimate of drug-likeness (QED) is 0.774. The van der Waals surface area contributed by atoms with Gasteiger partial charge < -0.3 is 9.15 Å². The Kier molecular flexibility index (Phi) is 3.35. The van der Waals surface area contributed by atoms with Crippen LogP contribution >= 0.6 is 11.6 Å². The lowest BCUT2D eigenvalue weighted by molar-refractivity contribution is 0.0485. The van der Waals surface area contributed by atoms with Gasteiger partial charge in [0, 0.05) is 10.4 Å². The molecule has 2 heterocycles. The zero-order valence-electron chi connectivity index (χ0n) is 11.7. The minimum Gasteiger partial charge on any atom is -0.453 e. The Morgan fingerprint density at radius 1 is 1.15 bits per heavy atom. The van der Waals surface area contributed by atoms with Crippen LogP contribution in [-0.4, -0.2) is 18.0 Å². The molecule has 0 N–H and O–H groups in total. The molecule has 3 nitrogen and oxygen atoms in total. The van der Waals surface area contributed by atoms with Gasteiger partial charge in [0.2, 0.25) is 5.78 Å². The minimum absolute atomic E-state index is 0.0154. The van der Waals surface area contributed by atoms with Gasteiger partial charge in [0.25, 0.3) is 0 Å². The molecular weight excluding hydrogens is 276 g/mol. The molecule has 1 aromatic carbocycles. The van der Waals surface area contributed by atoms with E-state index >= 15 is 0 Å². The van der Waals surface area contributed by atoms with Crippen molar-refractivity contribution in [1.29, 1.82) is 0 Å². The van der Waals surface area contributed by atoms with Gasteiger partial charge in [0.15, 0.2) is 5.76 Å². The van der Waals surface area contributed by atoms with Crippen molar-refractivity contribution in [3.8, 4) is 0 Å². The molecule has 0 saturated carbocycles. The smallest absolute Gasteiger partial charge is 0.204 e. The second-order valence-electron chi connectivity index (χ2n) is 5.59. The van der Waals surface area contributed by atoms with E-state index in [9.17, 15) is 4.79 Å². The molecule has 4 atom stereocenters. The first-order chi connectivity index (χ1) is 9.47. The molecule has 1 aliphatic rings. The van der Waals surface area contributed by atoms with E-state index in [0.29, 0.717) is 16.4 Å². The van der Waals surface area contributed by atoms with Crippen LogP contribution in [0.5, 0.6) is 0 Å². The third-order valence-corrected chi connectivity index (χ3v) is 4.50. The van der Waals surface area contributed by atoms with Crippen LogP contribution in [0.1, 0.15) is 31.3 Å². The highest BCUT2D eigenvalue weighted by molar-refractivity contribution is 6.31. The van der Waals surface area contributed by atoms with Crippen LogP contribution in [0.15, 0.2) is 28.7 Å². The summed E-state index contributed by atoms with van der Waals surface area (Å²) in [5, 5.41) is 1.49. The maximum atomic E-state index is 12.7. The van der Waals surface area contributed by atoms with Gasteiger partial charge in [0.05, 0.1) is 18.1 Å². The number of carbonyl (C=O) groups excluding carboxylic acids is 1. The monoisotopic (exact) mass is 292 g/mol. The van der Waals surface area contributed by atoms with Crippen molar-refractivity contribution in [3.63, 3.8) is 0 Å². The Labute approximate surface area is 122 Å². The van der Waals surface area contributed by atoms with Crippen molar-refractivity contribution in [3.05, 3.63) is 35.0 Å². The van der Waals surface area contributed by atoms with E-state index in [4.69, 9.17) is 20.8 Å². The van der Waals surface area contributed by atoms with E-state index in [1.807, 2.05) is 13.8 Å². The zero-order valence-corrected chi connectivity index (χ0v) is 12.5. The molecule has 1 fully saturated rings. The molecule has 1 aliphatic heterocycles. The largest absolute Gasteiger partial charge is 0.453 e. The molecule has 1 saturated heterocycles. The molecule has 0 bridgehead atoms. The summed E-state index contributed by atoms with van der Waals surface area (Å²) in [5.41, 5.74) is 0.685. The molecular formula is C16H17ClO3. The number of hydrogen-bond acceptors (Lipinski definition) is 3.